The minimum absolute atomic E-state index is 0.0242. The zero-order valence-electron chi connectivity index (χ0n) is 12.3. The second kappa shape index (κ2) is 7.29. The first-order valence-electron chi connectivity index (χ1n) is 7.34. The predicted molar refractivity (Wildman–Crippen MR) is 86.4 cm³/mol. The molecule has 2 atom stereocenters. The molecule has 0 aliphatic carbocycles. The van der Waals surface area contributed by atoms with E-state index in [-0.39, 0.29) is 24.5 Å². The van der Waals surface area contributed by atoms with Crippen LogP contribution < -0.4 is 5.32 Å². The number of halogens is 2. The van der Waals surface area contributed by atoms with Gasteiger partial charge >= 0.3 is 0 Å². The Kier molecular flexibility index (Phi) is 5.15. The van der Waals surface area contributed by atoms with Gasteiger partial charge in [-0.3, -0.25) is 9.89 Å². The highest BCUT2D eigenvalue weighted by molar-refractivity contribution is 6.42. The van der Waals surface area contributed by atoms with Crippen LogP contribution in [-0.2, 0) is 16.0 Å². The smallest absolute Gasteiger partial charge is 0.224 e. The molecule has 6 nitrogen and oxygen atoms in total. The Morgan fingerprint density at radius 1 is 1.39 bits per heavy atom. The Bertz CT molecular complexity index is 678. The number of carbonyl (C=O) groups is 1. The average molecular weight is 355 g/mol. The molecule has 0 unspecified atom stereocenters. The summed E-state index contributed by atoms with van der Waals surface area (Å²) in [4.78, 5) is 16.1. The number of amides is 1. The summed E-state index contributed by atoms with van der Waals surface area (Å²) in [5.41, 5.74) is 0.712. The van der Waals surface area contributed by atoms with Gasteiger partial charge in [0.2, 0.25) is 5.91 Å². The van der Waals surface area contributed by atoms with Gasteiger partial charge in [0.15, 0.2) is 5.82 Å². The number of rotatable bonds is 5. The van der Waals surface area contributed by atoms with Crippen LogP contribution in [0.4, 0.5) is 0 Å². The molecule has 2 N–H and O–H groups in total. The van der Waals surface area contributed by atoms with Crippen molar-refractivity contribution in [2.24, 2.45) is 0 Å². The standard InChI is InChI=1S/C15H16Cl2N4O2/c16-11-3-1-2-9(14(11)17)6-13(22)18-7-10-4-5-12(23-10)15-19-8-20-21-15/h1-3,8,10,12H,4-7H2,(H,18,22)(H,19,20,21)/t10-,12+/m1/s1. The molecular weight excluding hydrogens is 339 g/mol. The molecule has 2 aromatic rings. The van der Waals surface area contributed by atoms with Gasteiger partial charge in [0.05, 0.1) is 22.6 Å². The maximum absolute atomic E-state index is 12.0. The number of aromatic amines is 1. The van der Waals surface area contributed by atoms with Crippen LogP contribution in [0.15, 0.2) is 24.5 Å². The number of aromatic nitrogens is 3. The van der Waals surface area contributed by atoms with E-state index in [1.54, 1.807) is 18.2 Å². The summed E-state index contributed by atoms with van der Waals surface area (Å²) in [5.74, 6) is 0.616. The SMILES string of the molecule is O=C(Cc1cccc(Cl)c1Cl)NC[C@H]1CC[C@@H](c2ncn[nH]2)O1. The van der Waals surface area contributed by atoms with Crippen LogP contribution in [0.25, 0.3) is 0 Å². The minimum Gasteiger partial charge on any atom is -0.365 e. The number of nitrogens with one attached hydrogen (secondary N) is 2. The lowest BCUT2D eigenvalue weighted by atomic mass is 10.1. The summed E-state index contributed by atoms with van der Waals surface area (Å²) < 4.78 is 5.85. The highest BCUT2D eigenvalue weighted by atomic mass is 35.5. The molecule has 3 rings (SSSR count). The fourth-order valence-electron chi connectivity index (χ4n) is 2.58. The summed E-state index contributed by atoms with van der Waals surface area (Å²) in [6.07, 6.45) is 3.27. The van der Waals surface area contributed by atoms with Crippen LogP contribution in [0, 0.1) is 0 Å². The number of ether oxygens (including phenoxy) is 1. The van der Waals surface area contributed by atoms with E-state index in [4.69, 9.17) is 27.9 Å². The van der Waals surface area contributed by atoms with Gasteiger partial charge in [-0.25, -0.2) is 4.98 Å². The van der Waals surface area contributed by atoms with E-state index in [0.717, 1.165) is 18.7 Å². The van der Waals surface area contributed by atoms with Crippen molar-refractivity contribution in [1.82, 2.24) is 20.5 Å². The molecule has 1 amide bonds. The second-order valence-corrected chi connectivity index (χ2v) is 6.17. The van der Waals surface area contributed by atoms with E-state index >= 15 is 0 Å². The minimum atomic E-state index is -0.110. The highest BCUT2D eigenvalue weighted by Gasteiger charge is 2.28. The lowest BCUT2D eigenvalue weighted by Gasteiger charge is -2.13. The molecule has 1 aliphatic heterocycles. The Morgan fingerprint density at radius 3 is 3.04 bits per heavy atom. The van der Waals surface area contributed by atoms with Crippen LogP contribution in [0.1, 0.15) is 30.3 Å². The van der Waals surface area contributed by atoms with Gasteiger partial charge in [-0.1, -0.05) is 35.3 Å². The van der Waals surface area contributed by atoms with Crippen molar-refractivity contribution >= 4 is 29.1 Å². The van der Waals surface area contributed by atoms with Crippen molar-refractivity contribution in [2.75, 3.05) is 6.54 Å². The monoisotopic (exact) mass is 354 g/mol. The third kappa shape index (κ3) is 4.02. The Morgan fingerprint density at radius 2 is 2.26 bits per heavy atom. The van der Waals surface area contributed by atoms with Crippen molar-refractivity contribution in [3.63, 3.8) is 0 Å². The molecular formula is C15H16Cl2N4O2. The zero-order valence-corrected chi connectivity index (χ0v) is 13.8. The van der Waals surface area contributed by atoms with E-state index in [0.29, 0.717) is 22.2 Å². The average Bonchev–Trinajstić information content (AvgIpc) is 3.20. The first-order valence-corrected chi connectivity index (χ1v) is 8.09. The van der Waals surface area contributed by atoms with E-state index in [9.17, 15) is 4.79 Å². The van der Waals surface area contributed by atoms with Gasteiger partial charge in [-0.2, -0.15) is 5.10 Å². The van der Waals surface area contributed by atoms with Crippen molar-refractivity contribution < 1.29 is 9.53 Å². The maximum Gasteiger partial charge on any atom is 0.224 e. The third-order valence-corrected chi connectivity index (χ3v) is 4.61. The molecule has 1 fully saturated rings. The van der Waals surface area contributed by atoms with Gasteiger partial charge in [0, 0.05) is 6.54 Å². The summed E-state index contributed by atoms with van der Waals surface area (Å²) >= 11 is 12.0. The molecule has 23 heavy (non-hydrogen) atoms. The molecule has 2 heterocycles. The molecule has 122 valence electrons. The Balaban J connectivity index is 1.47. The largest absolute Gasteiger partial charge is 0.365 e. The molecule has 1 aliphatic rings. The summed E-state index contributed by atoms with van der Waals surface area (Å²) in [5, 5.41) is 10.4. The summed E-state index contributed by atoms with van der Waals surface area (Å²) in [7, 11) is 0. The van der Waals surface area contributed by atoms with E-state index in [1.807, 2.05) is 0 Å². The fourth-order valence-corrected chi connectivity index (χ4v) is 2.96. The fraction of sp³-hybridized carbons (Fsp3) is 0.400. The quantitative estimate of drug-likeness (QED) is 0.864. The first kappa shape index (κ1) is 16.2. The normalized spacial score (nSPS) is 20.6. The van der Waals surface area contributed by atoms with Crippen LogP contribution in [0.2, 0.25) is 10.0 Å². The van der Waals surface area contributed by atoms with Gasteiger partial charge in [-0.15, -0.1) is 0 Å². The predicted octanol–water partition coefficient (Wildman–Crippen LogP) is 2.69. The van der Waals surface area contributed by atoms with Crippen molar-refractivity contribution in [3.05, 3.63) is 46.0 Å². The number of benzene rings is 1. The molecule has 1 saturated heterocycles. The number of hydrogen-bond acceptors (Lipinski definition) is 4. The van der Waals surface area contributed by atoms with Gasteiger partial charge in [0.1, 0.15) is 12.4 Å². The summed E-state index contributed by atoms with van der Waals surface area (Å²) in [6, 6.07) is 5.26. The molecule has 8 heteroatoms. The molecule has 1 aromatic carbocycles. The van der Waals surface area contributed by atoms with Crippen molar-refractivity contribution in [2.45, 2.75) is 31.5 Å². The van der Waals surface area contributed by atoms with E-state index in [1.165, 1.54) is 6.33 Å². The topological polar surface area (TPSA) is 79.9 Å². The van der Waals surface area contributed by atoms with Gasteiger partial charge in [0.25, 0.3) is 0 Å². The first-order chi connectivity index (χ1) is 11.1. The van der Waals surface area contributed by atoms with Crippen LogP contribution >= 0.6 is 23.2 Å². The molecule has 0 radical (unpaired) electrons. The zero-order chi connectivity index (χ0) is 16.2. The second-order valence-electron chi connectivity index (χ2n) is 5.39. The number of hydrogen-bond donors (Lipinski definition) is 2. The summed E-state index contributed by atoms with van der Waals surface area (Å²) in [6.45, 7) is 0.460. The number of carbonyl (C=O) groups excluding carboxylic acids is 1. The van der Waals surface area contributed by atoms with Crippen LogP contribution in [0.3, 0.4) is 0 Å². The van der Waals surface area contributed by atoms with Crippen LogP contribution in [0.5, 0.6) is 0 Å². The highest BCUT2D eigenvalue weighted by Crippen LogP contribution is 2.30. The van der Waals surface area contributed by atoms with Crippen LogP contribution in [-0.4, -0.2) is 33.7 Å². The van der Waals surface area contributed by atoms with Gasteiger partial charge < -0.3 is 10.1 Å². The molecule has 1 aromatic heterocycles. The van der Waals surface area contributed by atoms with Crippen molar-refractivity contribution in [1.29, 1.82) is 0 Å². The molecule has 0 bridgehead atoms. The molecule has 0 spiro atoms. The number of H-pyrrole nitrogens is 1. The maximum atomic E-state index is 12.0. The third-order valence-electron chi connectivity index (χ3n) is 3.76. The van der Waals surface area contributed by atoms with Gasteiger partial charge in [-0.05, 0) is 24.5 Å². The lowest BCUT2D eigenvalue weighted by molar-refractivity contribution is -0.121. The van der Waals surface area contributed by atoms with Crippen molar-refractivity contribution in [3.8, 4) is 0 Å². The van der Waals surface area contributed by atoms with E-state index in [2.05, 4.69) is 20.5 Å². The Labute approximate surface area is 143 Å². The Hall–Kier alpha value is -1.63. The number of nitrogens with zero attached hydrogens (tertiary/aromatic N) is 2. The van der Waals surface area contributed by atoms with E-state index < -0.39 is 0 Å². The molecule has 0 saturated carbocycles. The lowest BCUT2D eigenvalue weighted by Crippen LogP contribution is -2.33.